The topological polar surface area (TPSA) is 90.2 Å². The van der Waals surface area contributed by atoms with Gasteiger partial charge in [0.25, 0.3) is 5.91 Å². The zero-order valence-electron chi connectivity index (χ0n) is 12.8. The number of nitrogens with zero attached hydrogens (tertiary/aromatic N) is 2. The number of hydrogen-bond donors (Lipinski definition) is 2. The molecule has 0 unspecified atom stereocenters. The number of aromatic hydroxyl groups is 1. The Balaban J connectivity index is 1.90. The van der Waals surface area contributed by atoms with E-state index in [-0.39, 0.29) is 17.2 Å². The lowest BCUT2D eigenvalue weighted by Gasteiger charge is -2.11. The monoisotopic (exact) mass is 322 g/mol. The summed E-state index contributed by atoms with van der Waals surface area (Å²) in [5.41, 5.74) is 2.43. The van der Waals surface area contributed by atoms with Crippen LogP contribution in [-0.2, 0) is 4.79 Å². The quantitative estimate of drug-likeness (QED) is 0.850. The maximum absolute atomic E-state index is 12.6. The zero-order valence-corrected chi connectivity index (χ0v) is 12.8. The van der Waals surface area contributed by atoms with E-state index in [4.69, 9.17) is 5.11 Å². The van der Waals surface area contributed by atoms with Gasteiger partial charge in [-0.25, -0.2) is 4.79 Å². The van der Waals surface area contributed by atoms with E-state index in [9.17, 15) is 14.7 Å². The van der Waals surface area contributed by atoms with Gasteiger partial charge >= 0.3 is 5.97 Å². The van der Waals surface area contributed by atoms with Crippen molar-refractivity contribution >= 4 is 29.4 Å². The minimum absolute atomic E-state index is 0.144. The number of benzene rings is 2. The van der Waals surface area contributed by atoms with Gasteiger partial charge in [0.05, 0.1) is 22.5 Å². The van der Waals surface area contributed by atoms with E-state index in [2.05, 4.69) is 5.10 Å². The Morgan fingerprint density at radius 2 is 1.71 bits per heavy atom. The molecule has 1 amide bonds. The number of carbonyl (C=O) groups is 2. The van der Waals surface area contributed by atoms with Crippen molar-refractivity contribution in [1.82, 2.24) is 0 Å². The molecule has 0 spiro atoms. The minimum atomic E-state index is -1.03. The van der Waals surface area contributed by atoms with Gasteiger partial charge < -0.3 is 10.2 Å². The average molecular weight is 322 g/mol. The minimum Gasteiger partial charge on any atom is -0.508 e. The van der Waals surface area contributed by atoms with E-state index in [0.717, 1.165) is 5.56 Å². The van der Waals surface area contributed by atoms with E-state index in [1.54, 1.807) is 49.4 Å². The lowest BCUT2D eigenvalue weighted by atomic mass is 10.1. The van der Waals surface area contributed by atoms with Crippen LogP contribution in [-0.4, -0.2) is 27.8 Å². The molecular weight excluding hydrogens is 308 g/mol. The summed E-state index contributed by atoms with van der Waals surface area (Å²) in [5, 5.41) is 23.7. The molecule has 0 aromatic heterocycles. The van der Waals surface area contributed by atoms with Gasteiger partial charge in [-0.3, -0.25) is 4.79 Å². The normalized spacial score (nSPS) is 15.7. The van der Waals surface area contributed by atoms with E-state index in [1.165, 1.54) is 17.1 Å². The first-order valence-corrected chi connectivity index (χ1v) is 7.20. The molecule has 1 heterocycles. The van der Waals surface area contributed by atoms with Crippen molar-refractivity contribution in [1.29, 1.82) is 0 Å². The summed E-state index contributed by atoms with van der Waals surface area (Å²) in [6, 6.07) is 12.4. The maximum Gasteiger partial charge on any atom is 0.335 e. The number of rotatable bonds is 3. The predicted octanol–water partition coefficient (Wildman–Crippen LogP) is 2.90. The molecule has 0 bridgehead atoms. The van der Waals surface area contributed by atoms with Gasteiger partial charge in [-0.2, -0.15) is 10.1 Å². The summed E-state index contributed by atoms with van der Waals surface area (Å²) in [4.78, 5) is 23.5. The molecule has 1 aliphatic heterocycles. The molecule has 24 heavy (non-hydrogen) atoms. The molecule has 0 atom stereocenters. The van der Waals surface area contributed by atoms with E-state index >= 15 is 0 Å². The fraction of sp³-hybridized carbons (Fsp3) is 0.0556. The molecule has 120 valence electrons. The van der Waals surface area contributed by atoms with Crippen LogP contribution in [0, 0.1) is 0 Å². The maximum atomic E-state index is 12.6. The fourth-order valence-electron chi connectivity index (χ4n) is 2.34. The molecule has 0 saturated heterocycles. The van der Waals surface area contributed by atoms with Gasteiger partial charge in [0.1, 0.15) is 5.75 Å². The third-order valence-corrected chi connectivity index (χ3v) is 3.63. The van der Waals surface area contributed by atoms with Crippen LogP contribution in [0.5, 0.6) is 5.75 Å². The van der Waals surface area contributed by atoms with Crippen LogP contribution in [0.1, 0.15) is 22.8 Å². The van der Waals surface area contributed by atoms with Crippen molar-refractivity contribution in [3.8, 4) is 5.75 Å². The molecule has 0 saturated carbocycles. The van der Waals surface area contributed by atoms with Gasteiger partial charge in [-0.1, -0.05) is 12.1 Å². The Morgan fingerprint density at radius 3 is 2.29 bits per heavy atom. The number of hydrogen-bond acceptors (Lipinski definition) is 4. The summed E-state index contributed by atoms with van der Waals surface area (Å²) < 4.78 is 0. The van der Waals surface area contributed by atoms with Crippen molar-refractivity contribution in [3.63, 3.8) is 0 Å². The highest BCUT2D eigenvalue weighted by Crippen LogP contribution is 2.25. The average Bonchev–Trinajstić information content (AvgIpc) is 2.85. The van der Waals surface area contributed by atoms with E-state index in [1.807, 2.05) is 0 Å². The van der Waals surface area contributed by atoms with E-state index < -0.39 is 5.97 Å². The van der Waals surface area contributed by atoms with Crippen molar-refractivity contribution in [2.45, 2.75) is 6.92 Å². The van der Waals surface area contributed by atoms with Crippen molar-refractivity contribution in [3.05, 3.63) is 65.2 Å². The molecule has 2 aromatic rings. The number of hydrazone groups is 1. The standard InChI is InChI=1S/C18H14N2O4/c1-11-16(10-12-2-8-15(21)9-3-12)17(22)20(19-11)14-6-4-13(5-7-14)18(23)24/h2-10,21H,1H3,(H,23,24)/b16-10-. The number of carboxylic acid groups (broad SMARTS) is 1. The van der Waals surface area contributed by atoms with Crippen molar-refractivity contribution in [2.24, 2.45) is 5.10 Å². The Morgan fingerprint density at radius 1 is 1.08 bits per heavy atom. The summed E-state index contributed by atoms with van der Waals surface area (Å²) in [6.07, 6.45) is 1.70. The van der Waals surface area contributed by atoms with Crippen molar-refractivity contribution < 1.29 is 19.8 Å². The molecule has 0 radical (unpaired) electrons. The molecule has 3 rings (SSSR count). The molecule has 6 heteroatoms. The molecule has 0 aliphatic carbocycles. The van der Waals surface area contributed by atoms with E-state index in [0.29, 0.717) is 17.0 Å². The lowest BCUT2D eigenvalue weighted by molar-refractivity contribution is -0.114. The van der Waals surface area contributed by atoms with Crippen LogP contribution in [0.25, 0.3) is 6.08 Å². The fourth-order valence-corrected chi connectivity index (χ4v) is 2.34. The van der Waals surface area contributed by atoms with Crippen molar-refractivity contribution in [2.75, 3.05) is 5.01 Å². The first-order valence-electron chi connectivity index (χ1n) is 7.20. The number of phenolic OH excluding ortho intramolecular Hbond substituents is 1. The third-order valence-electron chi connectivity index (χ3n) is 3.63. The molecular formula is C18H14N2O4. The highest BCUT2D eigenvalue weighted by atomic mass is 16.4. The van der Waals surface area contributed by atoms with Gasteiger partial charge in [0, 0.05) is 0 Å². The third kappa shape index (κ3) is 2.89. The van der Waals surface area contributed by atoms with Crippen LogP contribution < -0.4 is 5.01 Å². The molecule has 2 aromatic carbocycles. The summed E-state index contributed by atoms with van der Waals surface area (Å²) in [5.74, 6) is -1.16. The number of phenols is 1. The summed E-state index contributed by atoms with van der Waals surface area (Å²) in [6.45, 7) is 1.73. The Kier molecular flexibility index (Phi) is 3.87. The Hall–Kier alpha value is -3.41. The zero-order chi connectivity index (χ0) is 17.3. The van der Waals surface area contributed by atoms with Gasteiger partial charge in [-0.15, -0.1) is 0 Å². The van der Waals surface area contributed by atoms with Gasteiger partial charge in [0.15, 0.2) is 0 Å². The second kappa shape index (κ2) is 6.00. The highest BCUT2D eigenvalue weighted by Gasteiger charge is 2.28. The second-order valence-corrected chi connectivity index (χ2v) is 5.30. The van der Waals surface area contributed by atoms with Crippen LogP contribution in [0.3, 0.4) is 0 Å². The number of carbonyl (C=O) groups excluding carboxylic acids is 1. The van der Waals surface area contributed by atoms with Crippen LogP contribution in [0.2, 0.25) is 0 Å². The smallest absolute Gasteiger partial charge is 0.335 e. The first-order chi connectivity index (χ1) is 11.5. The predicted molar refractivity (Wildman–Crippen MR) is 90.1 cm³/mol. The van der Waals surface area contributed by atoms with Crippen LogP contribution in [0.4, 0.5) is 5.69 Å². The molecule has 6 nitrogen and oxygen atoms in total. The highest BCUT2D eigenvalue weighted by molar-refractivity contribution is 6.32. The number of anilines is 1. The van der Waals surface area contributed by atoms with Crippen LogP contribution >= 0.6 is 0 Å². The summed E-state index contributed by atoms with van der Waals surface area (Å²) in [7, 11) is 0. The second-order valence-electron chi connectivity index (χ2n) is 5.30. The first kappa shape index (κ1) is 15.5. The number of carboxylic acids is 1. The summed E-state index contributed by atoms with van der Waals surface area (Å²) >= 11 is 0. The van der Waals surface area contributed by atoms with Gasteiger partial charge in [0.2, 0.25) is 0 Å². The molecule has 0 fully saturated rings. The Bertz CT molecular complexity index is 865. The Labute approximate surface area is 138 Å². The SMILES string of the molecule is CC1=NN(c2ccc(C(=O)O)cc2)C(=O)/C1=C\c1ccc(O)cc1. The molecule has 2 N–H and O–H groups in total. The van der Waals surface area contributed by atoms with Gasteiger partial charge in [-0.05, 0) is 55.0 Å². The lowest BCUT2D eigenvalue weighted by Crippen LogP contribution is -2.21. The number of aromatic carboxylic acids is 1. The largest absolute Gasteiger partial charge is 0.508 e. The number of amides is 1. The van der Waals surface area contributed by atoms with Crippen LogP contribution in [0.15, 0.2) is 59.2 Å². The molecule has 1 aliphatic rings.